The van der Waals surface area contributed by atoms with E-state index >= 15 is 0 Å². The van der Waals surface area contributed by atoms with Crippen LogP contribution in [0.5, 0.6) is 0 Å². The Bertz CT molecular complexity index is 855. The summed E-state index contributed by atoms with van der Waals surface area (Å²) in [6, 6.07) is 8.74. The first-order chi connectivity index (χ1) is 12.0. The molecule has 0 amide bonds. The van der Waals surface area contributed by atoms with E-state index in [9.17, 15) is 8.42 Å². The third-order valence-corrected chi connectivity index (χ3v) is 6.70. The third-order valence-electron chi connectivity index (χ3n) is 3.81. The molecule has 9 heteroatoms. The Labute approximate surface area is 163 Å². The van der Waals surface area contributed by atoms with Crippen LogP contribution < -0.4 is 9.62 Å². The molecule has 1 N–H and O–H groups in total. The van der Waals surface area contributed by atoms with Crippen molar-refractivity contribution in [2.75, 3.05) is 31.2 Å². The van der Waals surface area contributed by atoms with Crippen molar-refractivity contribution in [3.63, 3.8) is 0 Å². The molecule has 1 fully saturated rings. The Kier molecular flexibility index (Phi) is 6.11. The molecule has 0 radical (unpaired) electrons. The van der Waals surface area contributed by atoms with Gasteiger partial charge in [0, 0.05) is 40.3 Å². The number of nitrogens with one attached hydrogen (secondary N) is 1. The fraction of sp³-hybridized carbons (Fsp3) is 0.312. The van der Waals surface area contributed by atoms with Crippen LogP contribution >= 0.6 is 31.9 Å². The Hall–Kier alpha value is -1.000. The molecule has 25 heavy (non-hydrogen) atoms. The van der Waals surface area contributed by atoms with Crippen molar-refractivity contribution >= 4 is 47.7 Å². The molecule has 1 aromatic heterocycles. The number of hydrogen-bond donors (Lipinski definition) is 1. The number of aromatic nitrogens is 1. The highest BCUT2D eigenvalue weighted by atomic mass is 79.9. The van der Waals surface area contributed by atoms with Crippen LogP contribution in [-0.4, -0.2) is 39.7 Å². The highest BCUT2D eigenvalue weighted by Crippen LogP contribution is 2.26. The van der Waals surface area contributed by atoms with Gasteiger partial charge in [-0.3, -0.25) is 0 Å². The lowest BCUT2D eigenvalue weighted by molar-refractivity contribution is 0.122. The van der Waals surface area contributed by atoms with Crippen molar-refractivity contribution in [3.8, 4) is 0 Å². The third kappa shape index (κ3) is 4.59. The van der Waals surface area contributed by atoms with Gasteiger partial charge < -0.3 is 9.64 Å². The first-order valence-corrected chi connectivity index (χ1v) is 10.8. The van der Waals surface area contributed by atoms with Crippen molar-refractivity contribution in [3.05, 3.63) is 51.0 Å². The first kappa shape index (κ1) is 18.8. The van der Waals surface area contributed by atoms with Gasteiger partial charge in [0.25, 0.3) is 0 Å². The summed E-state index contributed by atoms with van der Waals surface area (Å²) >= 11 is 6.60. The predicted octanol–water partition coefficient (Wildman–Crippen LogP) is 2.92. The molecule has 0 aliphatic carbocycles. The molecule has 134 valence electrons. The lowest BCUT2D eigenvalue weighted by Crippen LogP contribution is -2.37. The van der Waals surface area contributed by atoms with Crippen LogP contribution in [0.3, 0.4) is 0 Å². The van der Waals surface area contributed by atoms with Crippen molar-refractivity contribution < 1.29 is 13.2 Å². The molecule has 1 aromatic carbocycles. The summed E-state index contributed by atoms with van der Waals surface area (Å²) in [6.45, 7) is 2.95. The molecule has 0 bridgehead atoms. The van der Waals surface area contributed by atoms with E-state index in [1.165, 1.54) is 0 Å². The SMILES string of the molecule is O=S(=O)(NCc1cccnc1N1CCOCC1)c1cc(Br)ccc1Br. The highest BCUT2D eigenvalue weighted by molar-refractivity contribution is 9.11. The number of nitrogens with zero attached hydrogens (tertiary/aromatic N) is 2. The van der Waals surface area contributed by atoms with E-state index in [1.54, 1.807) is 24.4 Å². The van der Waals surface area contributed by atoms with Crippen LogP contribution in [0, 0.1) is 0 Å². The zero-order valence-corrected chi connectivity index (χ0v) is 17.3. The number of pyridine rings is 1. The van der Waals surface area contributed by atoms with E-state index in [0.29, 0.717) is 22.2 Å². The molecule has 0 atom stereocenters. The van der Waals surface area contributed by atoms with E-state index < -0.39 is 10.0 Å². The Morgan fingerprint density at radius 3 is 2.72 bits per heavy atom. The number of morpholine rings is 1. The van der Waals surface area contributed by atoms with E-state index in [1.807, 2.05) is 12.1 Å². The van der Waals surface area contributed by atoms with Crippen LogP contribution in [0.2, 0.25) is 0 Å². The maximum absolute atomic E-state index is 12.7. The van der Waals surface area contributed by atoms with Gasteiger partial charge in [0.1, 0.15) is 5.82 Å². The fourth-order valence-corrected chi connectivity index (χ4v) is 5.07. The molecule has 0 saturated carbocycles. The van der Waals surface area contributed by atoms with Crippen molar-refractivity contribution in [2.24, 2.45) is 0 Å². The van der Waals surface area contributed by atoms with Gasteiger partial charge in [0.15, 0.2) is 0 Å². The molecule has 0 unspecified atom stereocenters. The number of rotatable bonds is 5. The van der Waals surface area contributed by atoms with Gasteiger partial charge >= 0.3 is 0 Å². The Morgan fingerprint density at radius 1 is 1.20 bits per heavy atom. The second kappa shape index (κ2) is 8.13. The normalized spacial score (nSPS) is 15.4. The number of benzene rings is 1. The van der Waals surface area contributed by atoms with E-state index in [0.717, 1.165) is 24.5 Å². The second-order valence-corrected chi connectivity index (χ2v) is 8.99. The maximum atomic E-state index is 12.7. The standard InChI is InChI=1S/C16H17Br2N3O3S/c17-13-3-4-14(18)15(10-13)25(22,23)20-11-12-2-1-5-19-16(12)21-6-8-24-9-7-21/h1-5,10,20H,6-9,11H2. The minimum Gasteiger partial charge on any atom is -0.378 e. The predicted molar refractivity (Wildman–Crippen MR) is 103 cm³/mol. The summed E-state index contributed by atoms with van der Waals surface area (Å²) in [5.41, 5.74) is 0.832. The molecule has 1 saturated heterocycles. The fourth-order valence-electron chi connectivity index (χ4n) is 2.56. The highest BCUT2D eigenvalue weighted by Gasteiger charge is 2.20. The minimum atomic E-state index is -3.66. The zero-order chi connectivity index (χ0) is 17.9. The maximum Gasteiger partial charge on any atom is 0.242 e. The number of ether oxygens (including phenoxy) is 1. The monoisotopic (exact) mass is 489 g/mol. The van der Waals surface area contributed by atoms with Gasteiger partial charge in [0.05, 0.1) is 18.1 Å². The molecular formula is C16H17Br2N3O3S. The van der Waals surface area contributed by atoms with Crippen molar-refractivity contribution in [1.82, 2.24) is 9.71 Å². The molecule has 2 aromatic rings. The van der Waals surface area contributed by atoms with Crippen LogP contribution in [0.4, 0.5) is 5.82 Å². The number of anilines is 1. The summed E-state index contributed by atoms with van der Waals surface area (Å²) in [4.78, 5) is 6.73. The lowest BCUT2D eigenvalue weighted by Gasteiger charge is -2.29. The smallest absolute Gasteiger partial charge is 0.242 e. The molecule has 6 nitrogen and oxygen atoms in total. The number of halogens is 2. The number of sulfonamides is 1. The van der Waals surface area contributed by atoms with E-state index in [4.69, 9.17) is 4.74 Å². The van der Waals surface area contributed by atoms with Crippen LogP contribution in [0.25, 0.3) is 0 Å². The topological polar surface area (TPSA) is 71.5 Å². The van der Waals surface area contributed by atoms with Gasteiger partial charge in [-0.05, 0) is 40.2 Å². The molecule has 1 aliphatic heterocycles. The molecule has 2 heterocycles. The largest absolute Gasteiger partial charge is 0.378 e. The summed E-state index contributed by atoms with van der Waals surface area (Å²) in [6.07, 6.45) is 1.72. The average molecular weight is 491 g/mol. The zero-order valence-electron chi connectivity index (χ0n) is 13.3. The quantitative estimate of drug-likeness (QED) is 0.697. The summed E-state index contributed by atoms with van der Waals surface area (Å²) in [5.74, 6) is 0.793. The van der Waals surface area contributed by atoms with Crippen LogP contribution in [-0.2, 0) is 21.3 Å². The second-order valence-electron chi connectivity index (χ2n) is 5.48. The Balaban J connectivity index is 1.80. The first-order valence-electron chi connectivity index (χ1n) is 7.69. The Morgan fingerprint density at radius 2 is 1.96 bits per heavy atom. The summed E-state index contributed by atoms with van der Waals surface area (Å²) in [5, 5.41) is 0. The molecule has 3 rings (SSSR count). The molecule has 1 aliphatic rings. The minimum absolute atomic E-state index is 0.168. The van der Waals surface area contributed by atoms with Gasteiger partial charge in [-0.2, -0.15) is 0 Å². The van der Waals surface area contributed by atoms with Gasteiger partial charge in [-0.1, -0.05) is 22.0 Å². The summed E-state index contributed by atoms with van der Waals surface area (Å²) < 4.78 is 34.5. The van der Waals surface area contributed by atoms with E-state index in [-0.39, 0.29) is 11.4 Å². The van der Waals surface area contributed by atoms with E-state index in [2.05, 4.69) is 46.5 Å². The average Bonchev–Trinajstić information content (AvgIpc) is 2.63. The number of hydrogen-bond acceptors (Lipinski definition) is 5. The van der Waals surface area contributed by atoms with Crippen LogP contribution in [0.1, 0.15) is 5.56 Å². The molecular weight excluding hydrogens is 474 g/mol. The van der Waals surface area contributed by atoms with Crippen LogP contribution in [0.15, 0.2) is 50.4 Å². The van der Waals surface area contributed by atoms with Gasteiger partial charge in [-0.25, -0.2) is 18.1 Å². The van der Waals surface area contributed by atoms with Gasteiger partial charge in [-0.15, -0.1) is 0 Å². The van der Waals surface area contributed by atoms with Crippen molar-refractivity contribution in [1.29, 1.82) is 0 Å². The summed E-state index contributed by atoms with van der Waals surface area (Å²) in [7, 11) is -3.66. The lowest BCUT2D eigenvalue weighted by atomic mass is 10.2. The van der Waals surface area contributed by atoms with Gasteiger partial charge in [0.2, 0.25) is 10.0 Å². The van der Waals surface area contributed by atoms with Crippen molar-refractivity contribution in [2.45, 2.75) is 11.4 Å². The molecule has 0 spiro atoms.